The van der Waals surface area contributed by atoms with E-state index in [1.165, 1.54) is 96.3 Å². The van der Waals surface area contributed by atoms with Crippen molar-refractivity contribution in [2.75, 3.05) is 13.2 Å². The third-order valence-corrected chi connectivity index (χ3v) is 5.19. The minimum Gasteiger partial charge on any atom is -0.463 e. The van der Waals surface area contributed by atoms with E-state index in [1.807, 2.05) is 6.92 Å². The summed E-state index contributed by atoms with van der Waals surface area (Å²) >= 11 is 0. The molecule has 0 bridgehead atoms. The molecular weight excluding hydrogens is 400 g/mol. The molecule has 0 aromatic carbocycles. The summed E-state index contributed by atoms with van der Waals surface area (Å²) < 4.78 is 9.67. The number of hydrogen-bond acceptors (Lipinski definition) is 4. The Hall–Kier alpha value is -1.58. The van der Waals surface area contributed by atoms with E-state index in [9.17, 15) is 9.59 Å². The Morgan fingerprint density at radius 1 is 0.625 bits per heavy atom. The summed E-state index contributed by atoms with van der Waals surface area (Å²) in [5.41, 5.74) is 0.492. The van der Waals surface area contributed by atoms with E-state index in [4.69, 9.17) is 4.74 Å². The molecule has 0 aliphatic rings. The third-order valence-electron chi connectivity index (χ3n) is 5.19. The molecule has 4 nitrogen and oxygen atoms in total. The van der Waals surface area contributed by atoms with E-state index < -0.39 is 0 Å². The summed E-state index contributed by atoms with van der Waals surface area (Å²) in [5.74, 6) is -0.595. The highest BCUT2D eigenvalue weighted by Crippen LogP contribution is 2.13. The van der Waals surface area contributed by atoms with Crippen molar-refractivity contribution in [2.24, 2.45) is 0 Å². The lowest BCUT2D eigenvalue weighted by molar-refractivity contribution is -0.139. The normalized spacial score (nSPS) is 10.1. The van der Waals surface area contributed by atoms with Crippen molar-refractivity contribution in [1.29, 1.82) is 0 Å². The zero-order valence-electron chi connectivity index (χ0n) is 21.6. The highest BCUT2D eigenvalue weighted by Gasteiger charge is 2.01. The molecule has 4 heteroatoms. The molecule has 188 valence electrons. The number of unbranched alkanes of at least 4 members (excludes halogenated alkanes) is 15. The van der Waals surface area contributed by atoms with Gasteiger partial charge in [-0.15, -0.1) is 0 Å². The van der Waals surface area contributed by atoms with Crippen LogP contribution in [0.2, 0.25) is 0 Å². The van der Waals surface area contributed by atoms with Gasteiger partial charge in [0.1, 0.15) is 0 Å². The fourth-order valence-electron chi connectivity index (χ4n) is 3.20. The van der Waals surface area contributed by atoms with E-state index in [0.717, 1.165) is 18.9 Å². The SMILES string of the molecule is C=C(C)C(=O)OCCCCCCCCCCCCCCCCCC.C=CC(=O)OCCC. The van der Waals surface area contributed by atoms with E-state index in [1.54, 1.807) is 6.92 Å². The topological polar surface area (TPSA) is 52.6 Å². The van der Waals surface area contributed by atoms with Crippen molar-refractivity contribution < 1.29 is 19.1 Å². The quantitative estimate of drug-likeness (QED) is 0.0995. The molecule has 0 aliphatic heterocycles. The van der Waals surface area contributed by atoms with Crippen molar-refractivity contribution in [2.45, 2.75) is 130 Å². The lowest BCUT2D eigenvalue weighted by Crippen LogP contribution is -2.05. The number of ether oxygens (including phenoxy) is 2. The number of hydrogen-bond donors (Lipinski definition) is 0. The number of rotatable bonds is 21. The Balaban J connectivity index is 0. The van der Waals surface area contributed by atoms with Crippen molar-refractivity contribution in [3.8, 4) is 0 Å². The molecule has 0 aromatic rings. The van der Waals surface area contributed by atoms with Crippen LogP contribution in [0, 0.1) is 0 Å². The van der Waals surface area contributed by atoms with E-state index >= 15 is 0 Å². The van der Waals surface area contributed by atoms with Gasteiger partial charge in [-0.1, -0.05) is 123 Å². The van der Waals surface area contributed by atoms with Crippen LogP contribution < -0.4 is 0 Å². The van der Waals surface area contributed by atoms with Crippen LogP contribution >= 0.6 is 0 Å². The zero-order chi connectivity index (χ0) is 24.3. The standard InChI is InChI=1S/C22H42O2.C6H10O2/c1-4-5-6-7-8-9-10-11-12-13-14-15-16-17-18-19-20-24-22(23)21(2)3;1-3-5-8-6(7)4-2/h2,4-20H2,1,3H3;4H,2-3,5H2,1H3. The second-order valence-electron chi connectivity index (χ2n) is 8.59. The van der Waals surface area contributed by atoms with Crippen LogP contribution in [0.3, 0.4) is 0 Å². The molecule has 0 heterocycles. The molecule has 0 amide bonds. The van der Waals surface area contributed by atoms with Crippen molar-refractivity contribution in [3.63, 3.8) is 0 Å². The maximum absolute atomic E-state index is 11.2. The van der Waals surface area contributed by atoms with Gasteiger partial charge < -0.3 is 9.47 Å². The molecule has 0 saturated carbocycles. The zero-order valence-corrected chi connectivity index (χ0v) is 21.6. The van der Waals surface area contributed by atoms with Gasteiger partial charge in [-0.05, 0) is 19.8 Å². The maximum atomic E-state index is 11.2. The molecule has 0 rings (SSSR count). The second-order valence-corrected chi connectivity index (χ2v) is 8.59. The Bertz CT molecular complexity index is 456. The van der Waals surface area contributed by atoms with Crippen LogP contribution in [0.4, 0.5) is 0 Å². The smallest absolute Gasteiger partial charge is 0.333 e. The summed E-state index contributed by atoms with van der Waals surface area (Å²) in [6.45, 7) is 13.8. The van der Waals surface area contributed by atoms with Crippen LogP contribution in [0.1, 0.15) is 130 Å². The van der Waals surface area contributed by atoms with Crippen molar-refractivity contribution >= 4 is 11.9 Å². The van der Waals surface area contributed by atoms with Gasteiger partial charge in [0.15, 0.2) is 0 Å². The van der Waals surface area contributed by atoms with Gasteiger partial charge in [-0.25, -0.2) is 9.59 Å². The Kier molecular flexibility index (Phi) is 28.0. The lowest BCUT2D eigenvalue weighted by atomic mass is 10.0. The molecule has 0 radical (unpaired) electrons. The van der Waals surface area contributed by atoms with Gasteiger partial charge in [0.25, 0.3) is 0 Å². The first-order valence-electron chi connectivity index (χ1n) is 13.1. The molecule has 0 aromatic heterocycles. The van der Waals surface area contributed by atoms with Gasteiger partial charge in [0, 0.05) is 11.6 Å². The van der Waals surface area contributed by atoms with Crippen LogP contribution in [-0.2, 0) is 19.1 Å². The first-order valence-corrected chi connectivity index (χ1v) is 13.1. The highest BCUT2D eigenvalue weighted by molar-refractivity contribution is 5.86. The first kappa shape index (κ1) is 32.6. The minimum absolute atomic E-state index is 0.254. The summed E-state index contributed by atoms with van der Waals surface area (Å²) in [6.07, 6.45) is 23.8. The minimum atomic E-state index is -0.341. The predicted molar refractivity (Wildman–Crippen MR) is 137 cm³/mol. The van der Waals surface area contributed by atoms with Crippen LogP contribution in [-0.4, -0.2) is 25.2 Å². The van der Waals surface area contributed by atoms with Crippen molar-refractivity contribution in [3.05, 3.63) is 24.8 Å². The molecule has 32 heavy (non-hydrogen) atoms. The van der Waals surface area contributed by atoms with Gasteiger partial charge in [-0.3, -0.25) is 0 Å². The van der Waals surface area contributed by atoms with Gasteiger partial charge in [0.2, 0.25) is 0 Å². The molecular formula is C28H52O4. The summed E-state index contributed by atoms with van der Waals surface area (Å²) in [6, 6.07) is 0. The number of carbonyl (C=O) groups is 2. The molecule has 0 N–H and O–H groups in total. The van der Waals surface area contributed by atoms with Gasteiger partial charge in [0.05, 0.1) is 13.2 Å². The fraction of sp³-hybridized carbons (Fsp3) is 0.786. The summed E-state index contributed by atoms with van der Waals surface area (Å²) in [5, 5.41) is 0. The van der Waals surface area contributed by atoms with Crippen LogP contribution in [0.5, 0.6) is 0 Å². The summed E-state index contributed by atoms with van der Waals surface area (Å²) in [7, 11) is 0. The largest absolute Gasteiger partial charge is 0.463 e. The molecule has 0 unspecified atom stereocenters. The average Bonchev–Trinajstić information content (AvgIpc) is 2.79. The van der Waals surface area contributed by atoms with E-state index in [-0.39, 0.29) is 11.9 Å². The first-order chi connectivity index (χ1) is 15.5. The highest BCUT2D eigenvalue weighted by atomic mass is 16.5. The molecule has 0 fully saturated rings. The Labute approximate surface area is 199 Å². The van der Waals surface area contributed by atoms with Gasteiger partial charge in [-0.2, -0.15) is 0 Å². The van der Waals surface area contributed by atoms with Crippen molar-refractivity contribution in [1.82, 2.24) is 0 Å². The summed E-state index contributed by atoms with van der Waals surface area (Å²) in [4.78, 5) is 21.4. The number of esters is 2. The Morgan fingerprint density at radius 2 is 1.03 bits per heavy atom. The van der Waals surface area contributed by atoms with Crippen LogP contribution in [0.25, 0.3) is 0 Å². The predicted octanol–water partition coefficient (Wildman–Crippen LogP) is 8.49. The number of carbonyl (C=O) groups excluding carboxylic acids is 2. The maximum Gasteiger partial charge on any atom is 0.333 e. The van der Waals surface area contributed by atoms with E-state index in [0.29, 0.717) is 18.8 Å². The van der Waals surface area contributed by atoms with E-state index in [2.05, 4.69) is 24.8 Å². The molecule has 0 saturated heterocycles. The lowest BCUT2D eigenvalue weighted by Gasteiger charge is -2.05. The molecule has 0 atom stereocenters. The third kappa shape index (κ3) is 28.4. The van der Waals surface area contributed by atoms with Crippen LogP contribution in [0.15, 0.2) is 24.8 Å². The average molecular weight is 453 g/mol. The fourth-order valence-corrected chi connectivity index (χ4v) is 3.20. The van der Waals surface area contributed by atoms with Gasteiger partial charge >= 0.3 is 11.9 Å². The monoisotopic (exact) mass is 452 g/mol. The second kappa shape index (κ2) is 27.5. The molecule has 0 spiro atoms. The molecule has 0 aliphatic carbocycles. The Morgan fingerprint density at radius 3 is 1.38 bits per heavy atom.